The lowest BCUT2D eigenvalue weighted by Gasteiger charge is -2.07. The van der Waals surface area contributed by atoms with Gasteiger partial charge in [-0.3, -0.25) is 4.79 Å². The summed E-state index contributed by atoms with van der Waals surface area (Å²) in [5, 5.41) is 0.603. The van der Waals surface area contributed by atoms with Crippen molar-refractivity contribution in [3.8, 4) is 5.75 Å². The second-order valence-corrected chi connectivity index (χ2v) is 4.07. The van der Waals surface area contributed by atoms with Gasteiger partial charge in [-0.1, -0.05) is 11.6 Å². The number of fused-ring (bicyclic) bond motifs is 1. The van der Waals surface area contributed by atoms with Crippen LogP contribution >= 0.6 is 11.6 Å². The topological polar surface area (TPSA) is 26.3 Å². The molecular weight excluding hydrogens is 200 g/mol. The van der Waals surface area contributed by atoms with E-state index in [0.717, 1.165) is 17.7 Å². The number of carbonyl (C=O) groups excluding carboxylic acids is 1. The Morgan fingerprint density at radius 2 is 2.29 bits per heavy atom. The predicted molar refractivity (Wildman–Crippen MR) is 55.3 cm³/mol. The zero-order valence-corrected chi connectivity index (χ0v) is 8.89. The Morgan fingerprint density at radius 1 is 1.57 bits per heavy atom. The van der Waals surface area contributed by atoms with Gasteiger partial charge in [-0.2, -0.15) is 0 Å². The zero-order chi connectivity index (χ0) is 10.3. The zero-order valence-electron chi connectivity index (χ0n) is 8.13. The molecule has 0 fully saturated rings. The van der Waals surface area contributed by atoms with E-state index in [9.17, 15) is 4.79 Å². The van der Waals surface area contributed by atoms with Crippen LogP contribution in [0.2, 0.25) is 5.02 Å². The minimum atomic E-state index is -0.00199. The first-order chi connectivity index (χ1) is 6.58. The minimum absolute atomic E-state index is 0.00199. The van der Waals surface area contributed by atoms with E-state index in [4.69, 9.17) is 16.3 Å². The molecule has 0 N–H and O–H groups in total. The molecule has 2 rings (SSSR count). The molecule has 1 aromatic carbocycles. The third kappa shape index (κ3) is 1.50. The van der Waals surface area contributed by atoms with Gasteiger partial charge >= 0.3 is 0 Å². The van der Waals surface area contributed by atoms with Crippen LogP contribution in [-0.4, -0.2) is 11.9 Å². The van der Waals surface area contributed by atoms with E-state index in [1.807, 2.05) is 13.0 Å². The number of benzene rings is 1. The van der Waals surface area contributed by atoms with Crippen molar-refractivity contribution >= 4 is 17.4 Å². The van der Waals surface area contributed by atoms with Gasteiger partial charge < -0.3 is 4.74 Å². The Hall–Kier alpha value is -1.02. The van der Waals surface area contributed by atoms with Crippen molar-refractivity contribution in [2.45, 2.75) is 26.4 Å². The van der Waals surface area contributed by atoms with Crippen molar-refractivity contribution in [1.82, 2.24) is 0 Å². The highest BCUT2D eigenvalue weighted by Gasteiger charge is 2.24. The van der Waals surface area contributed by atoms with E-state index in [2.05, 4.69) is 0 Å². The Labute approximate surface area is 87.8 Å². The van der Waals surface area contributed by atoms with Gasteiger partial charge in [0.1, 0.15) is 11.9 Å². The highest BCUT2D eigenvalue weighted by molar-refractivity contribution is 6.31. The minimum Gasteiger partial charge on any atom is -0.489 e. The third-order valence-corrected chi connectivity index (χ3v) is 2.55. The van der Waals surface area contributed by atoms with Gasteiger partial charge in [0.25, 0.3) is 0 Å². The van der Waals surface area contributed by atoms with E-state index in [1.54, 1.807) is 6.07 Å². The maximum Gasteiger partial charge on any atom is 0.163 e. The molecule has 0 saturated carbocycles. The smallest absolute Gasteiger partial charge is 0.163 e. The van der Waals surface area contributed by atoms with Crippen LogP contribution in [0.25, 0.3) is 0 Å². The summed E-state index contributed by atoms with van der Waals surface area (Å²) in [5.74, 6) is 0.715. The number of halogens is 1. The molecule has 0 amide bonds. The highest BCUT2D eigenvalue weighted by Crippen LogP contribution is 2.35. The van der Waals surface area contributed by atoms with Crippen LogP contribution in [0.1, 0.15) is 29.8 Å². The van der Waals surface area contributed by atoms with Crippen molar-refractivity contribution in [2.24, 2.45) is 0 Å². The van der Waals surface area contributed by atoms with Crippen LogP contribution < -0.4 is 4.74 Å². The van der Waals surface area contributed by atoms with Crippen LogP contribution in [0, 0.1) is 0 Å². The second kappa shape index (κ2) is 3.28. The average molecular weight is 211 g/mol. The van der Waals surface area contributed by atoms with E-state index >= 15 is 0 Å². The average Bonchev–Trinajstić information content (AvgIpc) is 2.42. The summed E-state index contributed by atoms with van der Waals surface area (Å²) in [5.41, 5.74) is 1.63. The molecule has 0 aromatic heterocycles. The highest BCUT2D eigenvalue weighted by atomic mass is 35.5. The van der Waals surface area contributed by atoms with Crippen molar-refractivity contribution < 1.29 is 9.53 Å². The summed E-state index contributed by atoms with van der Waals surface area (Å²) in [6, 6.07) is 3.54. The number of ketones is 1. The molecule has 0 bridgehead atoms. The maximum absolute atomic E-state index is 11.3. The van der Waals surface area contributed by atoms with E-state index in [0.29, 0.717) is 10.6 Å². The fourth-order valence-corrected chi connectivity index (χ4v) is 2.00. The number of hydrogen-bond donors (Lipinski definition) is 0. The Kier molecular flexibility index (Phi) is 2.23. The number of hydrogen-bond acceptors (Lipinski definition) is 2. The standard InChI is InChI=1S/C11H11ClO2/c1-6-3-8-4-9(12)5-10(7(2)13)11(8)14-6/h4-6H,3H2,1-2H3. The quantitative estimate of drug-likeness (QED) is 0.667. The van der Waals surface area contributed by atoms with Crippen molar-refractivity contribution in [2.75, 3.05) is 0 Å². The second-order valence-electron chi connectivity index (χ2n) is 3.63. The molecule has 0 radical (unpaired) electrons. The molecule has 2 nitrogen and oxygen atoms in total. The van der Waals surface area contributed by atoms with Gasteiger partial charge in [0.2, 0.25) is 0 Å². The Balaban J connectivity index is 2.57. The molecule has 0 saturated heterocycles. The molecule has 14 heavy (non-hydrogen) atoms. The van der Waals surface area contributed by atoms with Gasteiger partial charge in [0.15, 0.2) is 5.78 Å². The van der Waals surface area contributed by atoms with E-state index in [1.165, 1.54) is 6.92 Å². The number of rotatable bonds is 1. The summed E-state index contributed by atoms with van der Waals surface area (Å²) in [7, 11) is 0. The van der Waals surface area contributed by atoms with Gasteiger partial charge in [0.05, 0.1) is 5.56 Å². The van der Waals surface area contributed by atoms with Crippen LogP contribution in [0.3, 0.4) is 0 Å². The summed E-state index contributed by atoms with van der Waals surface area (Å²) in [4.78, 5) is 11.3. The largest absolute Gasteiger partial charge is 0.489 e. The molecular formula is C11H11ClO2. The van der Waals surface area contributed by atoms with E-state index in [-0.39, 0.29) is 11.9 Å². The van der Waals surface area contributed by atoms with Crippen molar-refractivity contribution in [1.29, 1.82) is 0 Å². The summed E-state index contributed by atoms with van der Waals surface area (Å²) in [6.07, 6.45) is 0.970. The van der Waals surface area contributed by atoms with E-state index < -0.39 is 0 Å². The molecule has 0 aliphatic carbocycles. The first-order valence-corrected chi connectivity index (χ1v) is 4.95. The normalized spacial score (nSPS) is 18.9. The van der Waals surface area contributed by atoms with Crippen LogP contribution in [0.15, 0.2) is 12.1 Å². The summed E-state index contributed by atoms with van der Waals surface area (Å²) >= 11 is 5.91. The summed E-state index contributed by atoms with van der Waals surface area (Å²) in [6.45, 7) is 3.51. The SMILES string of the molecule is CC(=O)c1cc(Cl)cc2c1OC(C)C2. The molecule has 1 aromatic rings. The third-order valence-electron chi connectivity index (χ3n) is 2.34. The molecule has 3 heteroatoms. The molecule has 1 aliphatic rings. The lowest BCUT2D eigenvalue weighted by Crippen LogP contribution is -2.06. The van der Waals surface area contributed by atoms with Gasteiger partial charge in [-0.15, -0.1) is 0 Å². The molecule has 1 aliphatic heterocycles. The fourth-order valence-electron chi connectivity index (χ4n) is 1.75. The Bertz CT molecular complexity index is 399. The lowest BCUT2D eigenvalue weighted by atomic mass is 10.0. The molecule has 1 unspecified atom stereocenters. The van der Waals surface area contributed by atoms with Crippen molar-refractivity contribution in [3.63, 3.8) is 0 Å². The Morgan fingerprint density at radius 3 is 2.93 bits per heavy atom. The molecule has 0 spiro atoms. The first kappa shape index (κ1) is 9.53. The van der Waals surface area contributed by atoms with Gasteiger partial charge in [-0.25, -0.2) is 0 Å². The van der Waals surface area contributed by atoms with Gasteiger partial charge in [0, 0.05) is 17.0 Å². The maximum atomic E-state index is 11.3. The predicted octanol–water partition coefficient (Wildman–Crippen LogP) is 2.87. The van der Waals surface area contributed by atoms with Crippen LogP contribution in [0.4, 0.5) is 0 Å². The first-order valence-electron chi connectivity index (χ1n) is 4.58. The van der Waals surface area contributed by atoms with Crippen LogP contribution in [0.5, 0.6) is 5.75 Å². The van der Waals surface area contributed by atoms with Crippen LogP contribution in [-0.2, 0) is 6.42 Å². The summed E-state index contributed by atoms with van der Waals surface area (Å²) < 4.78 is 5.57. The molecule has 74 valence electrons. The number of carbonyl (C=O) groups is 1. The molecule has 1 heterocycles. The number of ether oxygens (including phenoxy) is 1. The van der Waals surface area contributed by atoms with Gasteiger partial charge in [-0.05, 0) is 26.0 Å². The number of Topliss-reactive ketones (excluding diaryl/α,β-unsaturated/α-hetero) is 1. The van der Waals surface area contributed by atoms with Crippen molar-refractivity contribution in [3.05, 3.63) is 28.3 Å². The lowest BCUT2D eigenvalue weighted by molar-refractivity contribution is 0.101. The fraction of sp³-hybridized carbons (Fsp3) is 0.364. The molecule has 1 atom stereocenters. The monoisotopic (exact) mass is 210 g/mol.